The summed E-state index contributed by atoms with van der Waals surface area (Å²) in [4.78, 5) is 30.5. The summed E-state index contributed by atoms with van der Waals surface area (Å²) in [6.07, 6.45) is 0.583. The fourth-order valence-corrected chi connectivity index (χ4v) is 5.18. The van der Waals surface area contributed by atoms with Gasteiger partial charge in [-0.25, -0.2) is 4.98 Å². The third kappa shape index (κ3) is 5.60. The summed E-state index contributed by atoms with van der Waals surface area (Å²) in [6.45, 7) is 0.408. The van der Waals surface area contributed by atoms with Crippen LogP contribution in [-0.4, -0.2) is 42.5 Å². The van der Waals surface area contributed by atoms with Gasteiger partial charge in [-0.05, 0) is 47.7 Å². The number of nitrogens with one attached hydrogen (secondary N) is 1. The lowest BCUT2D eigenvalue weighted by Crippen LogP contribution is -2.24. The topological polar surface area (TPSA) is 91.7 Å². The summed E-state index contributed by atoms with van der Waals surface area (Å²) in [5.74, 6) is 1.73. The first-order valence-corrected chi connectivity index (χ1v) is 12.6. The smallest absolute Gasteiger partial charge is 0.272 e. The Morgan fingerprint density at radius 2 is 1.80 bits per heavy atom. The quantitative estimate of drug-likeness (QED) is 0.248. The van der Waals surface area contributed by atoms with Crippen molar-refractivity contribution in [2.45, 2.75) is 18.1 Å². The van der Waals surface area contributed by atoms with E-state index in [0.717, 1.165) is 5.56 Å². The maximum atomic E-state index is 13.2. The van der Waals surface area contributed by atoms with E-state index in [1.807, 2.05) is 41.8 Å². The number of rotatable bonds is 10. The van der Waals surface area contributed by atoms with E-state index in [0.29, 0.717) is 51.3 Å². The molecular weight excluding hydrogens is 486 g/mol. The molecule has 0 atom stereocenters. The molecule has 0 radical (unpaired) electrons. The average Bonchev–Trinajstić information content (AvgIpc) is 3.36. The summed E-state index contributed by atoms with van der Waals surface area (Å²) in [7, 11) is 4.73. The van der Waals surface area contributed by atoms with Gasteiger partial charge in [0.1, 0.15) is 10.4 Å². The summed E-state index contributed by atoms with van der Waals surface area (Å²) in [5.41, 5.74) is 2.10. The van der Waals surface area contributed by atoms with Crippen molar-refractivity contribution in [3.63, 3.8) is 0 Å². The van der Waals surface area contributed by atoms with Crippen LogP contribution in [0.4, 0.5) is 5.69 Å². The van der Waals surface area contributed by atoms with Gasteiger partial charge in [-0.2, -0.15) is 0 Å². The fourth-order valence-electron chi connectivity index (χ4n) is 3.57. The zero-order chi connectivity index (χ0) is 24.8. The second-order valence-corrected chi connectivity index (χ2v) is 9.32. The van der Waals surface area contributed by atoms with Gasteiger partial charge in [0, 0.05) is 6.54 Å². The molecule has 4 aromatic rings. The number of methoxy groups -OCH3 is 3. The average molecular weight is 512 g/mol. The van der Waals surface area contributed by atoms with Gasteiger partial charge in [0.05, 0.1) is 38.3 Å². The molecule has 0 aliphatic carbocycles. The fraction of sp³-hybridized carbons (Fsp3) is 0.240. The minimum Gasteiger partial charge on any atom is -0.495 e. The Kier molecular flexibility index (Phi) is 7.94. The molecule has 1 N–H and O–H groups in total. The molecule has 0 saturated carbocycles. The van der Waals surface area contributed by atoms with Gasteiger partial charge in [-0.3, -0.25) is 14.2 Å². The Balaban J connectivity index is 1.54. The largest absolute Gasteiger partial charge is 0.495 e. The van der Waals surface area contributed by atoms with Crippen LogP contribution in [0.1, 0.15) is 5.56 Å². The predicted molar refractivity (Wildman–Crippen MR) is 139 cm³/mol. The highest BCUT2D eigenvalue weighted by molar-refractivity contribution is 7.99. The summed E-state index contributed by atoms with van der Waals surface area (Å²) in [5, 5.41) is 5.20. The number of ether oxygens (including phenoxy) is 3. The van der Waals surface area contributed by atoms with Crippen molar-refractivity contribution in [2.75, 3.05) is 32.4 Å². The number of nitrogens with zero attached hydrogens (tertiary/aromatic N) is 2. The molecule has 10 heteroatoms. The van der Waals surface area contributed by atoms with Crippen LogP contribution in [0, 0.1) is 0 Å². The highest BCUT2D eigenvalue weighted by Crippen LogP contribution is 2.28. The van der Waals surface area contributed by atoms with Crippen molar-refractivity contribution in [1.82, 2.24) is 9.55 Å². The van der Waals surface area contributed by atoms with Crippen molar-refractivity contribution >= 4 is 44.9 Å². The van der Waals surface area contributed by atoms with Crippen LogP contribution in [0.15, 0.2) is 63.9 Å². The number of thioether (sulfide) groups is 1. The number of benzene rings is 2. The van der Waals surface area contributed by atoms with E-state index in [1.165, 1.54) is 23.1 Å². The van der Waals surface area contributed by atoms with E-state index < -0.39 is 0 Å². The molecule has 2 aromatic carbocycles. The summed E-state index contributed by atoms with van der Waals surface area (Å²) >= 11 is 2.59. The zero-order valence-electron chi connectivity index (χ0n) is 19.6. The monoisotopic (exact) mass is 511 g/mol. The Morgan fingerprint density at radius 3 is 2.57 bits per heavy atom. The molecule has 0 bridgehead atoms. The van der Waals surface area contributed by atoms with Gasteiger partial charge < -0.3 is 19.5 Å². The number of aromatic nitrogens is 2. The van der Waals surface area contributed by atoms with Gasteiger partial charge in [0.2, 0.25) is 5.91 Å². The number of anilines is 1. The van der Waals surface area contributed by atoms with Gasteiger partial charge in [-0.1, -0.05) is 30.0 Å². The molecule has 0 aliphatic rings. The van der Waals surface area contributed by atoms with Crippen LogP contribution < -0.4 is 25.1 Å². The minimum absolute atomic E-state index is 0.0937. The molecule has 2 aromatic heterocycles. The Labute approximate surface area is 210 Å². The number of para-hydroxylation sites is 2. The van der Waals surface area contributed by atoms with E-state index in [1.54, 1.807) is 38.0 Å². The van der Waals surface area contributed by atoms with Gasteiger partial charge in [-0.15, -0.1) is 11.3 Å². The van der Waals surface area contributed by atoms with Crippen LogP contribution in [0.25, 0.3) is 10.2 Å². The maximum absolute atomic E-state index is 13.2. The number of carbonyl (C=O) groups is 1. The highest BCUT2D eigenvalue weighted by atomic mass is 32.2. The summed E-state index contributed by atoms with van der Waals surface area (Å²) < 4.78 is 18.2. The molecule has 182 valence electrons. The lowest BCUT2D eigenvalue weighted by molar-refractivity contribution is -0.113. The Morgan fingerprint density at radius 1 is 1.03 bits per heavy atom. The van der Waals surface area contributed by atoms with Crippen molar-refractivity contribution in [3.8, 4) is 17.2 Å². The van der Waals surface area contributed by atoms with E-state index in [2.05, 4.69) is 10.3 Å². The van der Waals surface area contributed by atoms with Crippen molar-refractivity contribution in [1.29, 1.82) is 0 Å². The third-order valence-corrected chi connectivity index (χ3v) is 7.18. The SMILES string of the molecule is COc1ccccc1NC(=O)CSc1nc2ccsc2c(=O)n1CCc1ccc(OC)c(OC)c1. The zero-order valence-corrected chi connectivity index (χ0v) is 21.2. The maximum Gasteiger partial charge on any atom is 0.272 e. The highest BCUT2D eigenvalue weighted by Gasteiger charge is 2.16. The predicted octanol–water partition coefficient (Wildman–Crippen LogP) is 4.46. The van der Waals surface area contributed by atoms with E-state index >= 15 is 0 Å². The van der Waals surface area contributed by atoms with Crippen LogP contribution >= 0.6 is 23.1 Å². The molecule has 35 heavy (non-hydrogen) atoms. The minimum atomic E-state index is -0.217. The molecule has 0 fully saturated rings. The van der Waals surface area contributed by atoms with Gasteiger partial charge in [0.25, 0.3) is 5.56 Å². The molecule has 0 unspecified atom stereocenters. The first kappa shape index (κ1) is 24.6. The number of carbonyl (C=O) groups excluding carboxylic acids is 1. The second-order valence-electron chi connectivity index (χ2n) is 7.46. The molecule has 4 rings (SSSR count). The molecular formula is C25H25N3O5S2. The number of aryl methyl sites for hydroxylation is 1. The lowest BCUT2D eigenvalue weighted by Gasteiger charge is -2.14. The standard InChI is InChI=1S/C25H25N3O5S2/c1-31-19-7-5-4-6-17(19)26-22(29)15-35-25-27-18-11-13-34-23(18)24(30)28(25)12-10-16-8-9-20(32-2)21(14-16)33-3/h4-9,11,13-14H,10,12,15H2,1-3H3,(H,26,29). The molecule has 1 amide bonds. The van der Waals surface area contributed by atoms with Crippen molar-refractivity contribution < 1.29 is 19.0 Å². The van der Waals surface area contributed by atoms with Crippen LogP contribution in [0.2, 0.25) is 0 Å². The first-order valence-electron chi connectivity index (χ1n) is 10.8. The second kappa shape index (κ2) is 11.3. The van der Waals surface area contributed by atoms with E-state index in [9.17, 15) is 9.59 Å². The van der Waals surface area contributed by atoms with Crippen LogP contribution in [-0.2, 0) is 17.8 Å². The van der Waals surface area contributed by atoms with Crippen molar-refractivity contribution in [3.05, 3.63) is 69.8 Å². The number of hydrogen-bond donors (Lipinski definition) is 1. The summed E-state index contributed by atoms with van der Waals surface area (Å²) in [6, 6.07) is 14.7. The number of fused-ring (bicyclic) bond motifs is 1. The van der Waals surface area contributed by atoms with E-state index in [4.69, 9.17) is 14.2 Å². The molecule has 0 saturated heterocycles. The van der Waals surface area contributed by atoms with Crippen LogP contribution in [0.3, 0.4) is 0 Å². The lowest BCUT2D eigenvalue weighted by atomic mass is 10.1. The number of thiophene rings is 1. The number of amides is 1. The molecule has 8 nitrogen and oxygen atoms in total. The number of hydrogen-bond acceptors (Lipinski definition) is 8. The normalized spacial score (nSPS) is 10.8. The van der Waals surface area contributed by atoms with E-state index in [-0.39, 0.29) is 17.2 Å². The third-order valence-electron chi connectivity index (χ3n) is 5.32. The Bertz CT molecular complexity index is 1400. The Hall–Kier alpha value is -3.50. The van der Waals surface area contributed by atoms with Gasteiger partial charge >= 0.3 is 0 Å². The molecule has 0 aliphatic heterocycles. The van der Waals surface area contributed by atoms with Crippen LogP contribution in [0.5, 0.6) is 17.2 Å². The first-order chi connectivity index (χ1) is 17.0. The van der Waals surface area contributed by atoms with Crippen molar-refractivity contribution in [2.24, 2.45) is 0 Å². The molecule has 2 heterocycles. The van der Waals surface area contributed by atoms with Gasteiger partial charge in [0.15, 0.2) is 16.7 Å². The molecule has 0 spiro atoms.